The summed E-state index contributed by atoms with van der Waals surface area (Å²) in [6, 6.07) is 0. The van der Waals surface area contributed by atoms with Gasteiger partial charge in [0, 0.05) is 5.70 Å². The highest BCUT2D eigenvalue weighted by atomic mass is 16.4. The van der Waals surface area contributed by atoms with Crippen LogP contribution >= 0.6 is 0 Å². The van der Waals surface area contributed by atoms with E-state index < -0.39 is 5.97 Å². The zero-order chi connectivity index (χ0) is 8.15. The van der Waals surface area contributed by atoms with Crippen molar-refractivity contribution in [1.29, 1.82) is 0 Å². The molecule has 0 fully saturated rings. The molecule has 0 amide bonds. The molecule has 0 rings (SSSR count). The first kappa shape index (κ1) is 8.49. The fraction of sp³-hybridized carbons (Fsp3) is 0. The third kappa shape index (κ3) is 3.49. The van der Waals surface area contributed by atoms with Gasteiger partial charge >= 0.3 is 5.97 Å². The molecule has 0 spiro atoms. The Labute approximate surface area is 59.2 Å². The lowest BCUT2D eigenvalue weighted by Gasteiger charge is -1.88. The molecule has 0 aromatic heterocycles. The molecular weight excluding hydrogens is 130 g/mol. The highest BCUT2D eigenvalue weighted by Gasteiger charge is 1.96. The van der Waals surface area contributed by atoms with E-state index in [0.29, 0.717) is 5.70 Å². The molecule has 0 saturated carbocycles. The summed E-state index contributed by atoms with van der Waals surface area (Å²) in [5, 5.41) is 8.27. The summed E-state index contributed by atoms with van der Waals surface area (Å²) < 4.78 is 0. The molecule has 3 nitrogen and oxygen atoms in total. The predicted octanol–water partition coefficient (Wildman–Crippen LogP) is 0.656. The van der Waals surface area contributed by atoms with Crippen LogP contribution in [-0.4, -0.2) is 11.1 Å². The van der Waals surface area contributed by atoms with E-state index in [2.05, 4.69) is 13.2 Å². The first-order valence-corrected chi connectivity index (χ1v) is 2.58. The number of nitrogens with two attached hydrogens (primary N) is 1. The summed E-state index contributed by atoms with van der Waals surface area (Å²) >= 11 is 0. The lowest BCUT2D eigenvalue weighted by molar-refractivity contribution is -0.132. The van der Waals surface area contributed by atoms with Crippen molar-refractivity contribution in [1.82, 2.24) is 0 Å². The number of hydrogen-bond acceptors (Lipinski definition) is 2. The van der Waals surface area contributed by atoms with Gasteiger partial charge in [0.2, 0.25) is 0 Å². The molecule has 0 aliphatic carbocycles. The normalized spacial score (nSPS) is 9.60. The fourth-order valence-corrected chi connectivity index (χ4v) is 0.279. The van der Waals surface area contributed by atoms with Gasteiger partial charge < -0.3 is 10.8 Å². The molecular formula is C7H9NO2. The molecule has 0 aromatic rings. The van der Waals surface area contributed by atoms with E-state index in [1.165, 1.54) is 12.2 Å². The highest BCUT2D eigenvalue weighted by molar-refractivity contribution is 5.89. The molecule has 0 bridgehead atoms. The molecule has 0 aliphatic heterocycles. The number of carboxylic acids is 1. The van der Waals surface area contributed by atoms with E-state index in [9.17, 15) is 4.79 Å². The number of carbonyl (C=O) groups is 1. The Kier molecular flexibility index (Phi) is 2.97. The van der Waals surface area contributed by atoms with Crippen molar-refractivity contribution in [2.45, 2.75) is 0 Å². The average Bonchev–Trinajstić information content (AvgIpc) is 1.82. The van der Waals surface area contributed by atoms with Gasteiger partial charge in [-0.25, -0.2) is 4.79 Å². The molecule has 0 unspecified atom stereocenters. The summed E-state index contributed by atoms with van der Waals surface area (Å²) in [6.07, 6.45) is 2.68. The van der Waals surface area contributed by atoms with Crippen molar-refractivity contribution < 1.29 is 9.90 Å². The van der Waals surface area contributed by atoms with Crippen molar-refractivity contribution in [2.75, 3.05) is 0 Å². The molecule has 3 N–H and O–H groups in total. The third-order valence-corrected chi connectivity index (χ3v) is 0.773. The Morgan fingerprint density at radius 2 is 1.90 bits per heavy atom. The van der Waals surface area contributed by atoms with Crippen LogP contribution in [0.5, 0.6) is 0 Å². The fourth-order valence-electron chi connectivity index (χ4n) is 0.279. The van der Waals surface area contributed by atoms with E-state index in [0.717, 1.165) is 0 Å². The van der Waals surface area contributed by atoms with Gasteiger partial charge in [-0.3, -0.25) is 0 Å². The summed E-state index contributed by atoms with van der Waals surface area (Å²) in [5.41, 5.74) is 5.43. The lowest BCUT2D eigenvalue weighted by atomic mass is 10.2. The SMILES string of the molecule is C=C(N)/C=C\C(=C)C(=O)O. The standard InChI is InChI=1S/C7H9NO2/c1-5(7(9)10)3-4-6(2)8/h3-4H,1-2,8H2,(H,9,10)/b4-3-. The Bertz CT molecular complexity index is 204. The Balaban J connectivity index is 4.03. The van der Waals surface area contributed by atoms with Crippen molar-refractivity contribution >= 4 is 5.97 Å². The van der Waals surface area contributed by atoms with Crippen LogP contribution in [0.1, 0.15) is 0 Å². The van der Waals surface area contributed by atoms with E-state index in [1.807, 2.05) is 0 Å². The number of hydrogen-bond donors (Lipinski definition) is 2. The van der Waals surface area contributed by atoms with Gasteiger partial charge in [0.05, 0.1) is 5.57 Å². The van der Waals surface area contributed by atoms with E-state index >= 15 is 0 Å². The van der Waals surface area contributed by atoms with Crippen molar-refractivity contribution in [3.8, 4) is 0 Å². The monoisotopic (exact) mass is 139 g/mol. The smallest absolute Gasteiger partial charge is 0.335 e. The zero-order valence-corrected chi connectivity index (χ0v) is 5.50. The lowest BCUT2D eigenvalue weighted by Crippen LogP contribution is -1.96. The molecule has 0 heterocycles. The molecule has 3 heteroatoms. The van der Waals surface area contributed by atoms with E-state index in [-0.39, 0.29) is 5.57 Å². The molecule has 54 valence electrons. The van der Waals surface area contributed by atoms with Gasteiger partial charge in [-0.2, -0.15) is 0 Å². The Hall–Kier alpha value is -1.51. The second-order valence-corrected chi connectivity index (χ2v) is 1.74. The molecule has 10 heavy (non-hydrogen) atoms. The maximum absolute atomic E-state index is 10.1. The van der Waals surface area contributed by atoms with Crippen LogP contribution in [0, 0.1) is 0 Å². The number of allylic oxidation sites excluding steroid dienone is 1. The first-order valence-electron chi connectivity index (χ1n) is 2.58. The summed E-state index contributed by atoms with van der Waals surface area (Å²) in [4.78, 5) is 10.1. The van der Waals surface area contributed by atoms with Crippen LogP contribution in [0.25, 0.3) is 0 Å². The third-order valence-electron chi connectivity index (χ3n) is 0.773. The van der Waals surface area contributed by atoms with Crippen LogP contribution in [-0.2, 0) is 4.79 Å². The van der Waals surface area contributed by atoms with Crippen molar-refractivity contribution in [3.05, 3.63) is 36.6 Å². The quantitative estimate of drug-likeness (QED) is 0.446. The Morgan fingerprint density at radius 3 is 2.20 bits per heavy atom. The van der Waals surface area contributed by atoms with Gasteiger partial charge in [0.1, 0.15) is 0 Å². The minimum absolute atomic E-state index is 0.00778. The van der Waals surface area contributed by atoms with Gasteiger partial charge in [0.25, 0.3) is 0 Å². The minimum atomic E-state index is -1.06. The van der Waals surface area contributed by atoms with Gasteiger partial charge in [-0.15, -0.1) is 0 Å². The Morgan fingerprint density at radius 1 is 1.40 bits per heavy atom. The molecule has 0 aromatic carbocycles. The minimum Gasteiger partial charge on any atom is -0.478 e. The zero-order valence-electron chi connectivity index (χ0n) is 5.50. The second kappa shape index (κ2) is 3.50. The molecule has 0 aliphatic rings. The van der Waals surface area contributed by atoms with Crippen LogP contribution in [0.3, 0.4) is 0 Å². The predicted molar refractivity (Wildman–Crippen MR) is 39.2 cm³/mol. The molecule has 0 radical (unpaired) electrons. The largest absolute Gasteiger partial charge is 0.478 e. The maximum atomic E-state index is 10.1. The van der Waals surface area contributed by atoms with Gasteiger partial charge in [-0.05, 0) is 12.2 Å². The first-order chi connectivity index (χ1) is 4.54. The van der Waals surface area contributed by atoms with E-state index in [4.69, 9.17) is 10.8 Å². The topological polar surface area (TPSA) is 63.3 Å². The highest BCUT2D eigenvalue weighted by Crippen LogP contribution is 1.93. The summed E-state index contributed by atoms with van der Waals surface area (Å²) in [7, 11) is 0. The second-order valence-electron chi connectivity index (χ2n) is 1.74. The van der Waals surface area contributed by atoms with E-state index in [1.54, 1.807) is 0 Å². The van der Waals surface area contributed by atoms with Gasteiger partial charge in [-0.1, -0.05) is 13.2 Å². The van der Waals surface area contributed by atoms with Gasteiger partial charge in [0.15, 0.2) is 0 Å². The average molecular weight is 139 g/mol. The van der Waals surface area contributed by atoms with Crippen molar-refractivity contribution in [2.24, 2.45) is 5.73 Å². The van der Waals surface area contributed by atoms with Crippen molar-refractivity contribution in [3.63, 3.8) is 0 Å². The number of carboxylic acid groups (broad SMARTS) is 1. The molecule has 0 saturated heterocycles. The van der Waals surface area contributed by atoms with Crippen LogP contribution < -0.4 is 5.73 Å². The van der Waals surface area contributed by atoms with Crippen LogP contribution in [0.2, 0.25) is 0 Å². The number of rotatable bonds is 3. The molecule has 0 atom stereocenters. The summed E-state index contributed by atoms with van der Waals surface area (Å²) in [5.74, 6) is -1.06. The van der Waals surface area contributed by atoms with Crippen LogP contribution in [0.4, 0.5) is 0 Å². The van der Waals surface area contributed by atoms with Crippen LogP contribution in [0.15, 0.2) is 36.6 Å². The summed E-state index contributed by atoms with van der Waals surface area (Å²) in [6.45, 7) is 6.59. The maximum Gasteiger partial charge on any atom is 0.335 e. The number of aliphatic carboxylic acids is 1.